The summed E-state index contributed by atoms with van der Waals surface area (Å²) in [6.45, 7) is 1.97. The predicted octanol–water partition coefficient (Wildman–Crippen LogP) is 1.84. The standard InChI is InChI=1S/C21H25ClO6/c1-2-27-15-6-3-12(4-7-15)9-14-10-13(5-8-16(14)22)20-18(25)19(26)21(28-20)17(24)11-23/h3-8,10,17-21,23-26H,2,9,11H2,1H3/t17-,18+,19-,20-,21+/m1/s1. The molecule has 0 radical (unpaired) electrons. The highest BCUT2D eigenvalue weighted by atomic mass is 35.5. The molecule has 0 aliphatic carbocycles. The van der Waals surface area contributed by atoms with Gasteiger partial charge in [0.1, 0.15) is 36.3 Å². The lowest BCUT2D eigenvalue weighted by Gasteiger charge is -2.19. The van der Waals surface area contributed by atoms with E-state index in [9.17, 15) is 15.3 Å². The van der Waals surface area contributed by atoms with Crippen LogP contribution in [-0.4, -0.2) is 58.1 Å². The Morgan fingerprint density at radius 2 is 1.82 bits per heavy atom. The largest absolute Gasteiger partial charge is 0.494 e. The molecule has 1 heterocycles. The van der Waals surface area contributed by atoms with Crippen LogP contribution < -0.4 is 4.74 Å². The summed E-state index contributed by atoms with van der Waals surface area (Å²) < 4.78 is 11.1. The van der Waals surface area contributed by atoms with E-state index in [1.54, 1.807) is 12.1 Å². The van der Waals surface area contributed by atoms with Crippen molar-refractivity contribution in [1.82, 2.24) is 0 Å². The van der Waals surface area contributed by atoms with Crippen LogP contribution >= 0.6 is 11.6 Å². The first kappa shape index (κ1) is 21.0. The molecule has 1 aliphatic rings. The molecule has 1 saturated heterocycles. The number of hydrogen-bond acceptors (Lipinski definition) is 6. The molecule has 6 nitrogen and oxygen atoms in total. The minimum Gasteiger partial charge on any atom is -0.494 e. The summed E-state index contributed by atoms with van der Waals surface area (Å²) in [5.41, 5.74) is 2.54. The van der Waals surface area contributed by atoms with Crippen LogP contribution in [0.1, 0.15) is 29.7 Å². The first-order valence-electron chi connectivity index (χ1n) is 9.25. The van der Waals surface area contributed by atoms with Gasteiger partial charge in [-0.1, -0.05) is 35.9 Å². The first-order chi connectivity index (χ1) is 13.4. The second kappa shape index (κ2) is 9.22. The molecular weight excluding hydrogens is 384 g/mol. The number of benzene rings is 2. The lowest BCUT2D eigenvalue weighted by molar-refractivity contribution is -0.0820. The van der Waals surface area contributed by atoms with E-state index in [4.69, 9.17) is 26.2 Å². The molecule has 0 bridgehead atoms. The molecule has 1 fully saturated rings. The molecule has 28 heavy (non-hydrogen) atoms. The summed E-state index contributed by atoms with van der Waals surface area (Å²) in [5, 5.41) is 40.0. The molecule has 0 saturated carbocycles. The number of halogens is 1. The van der Waals surface area contributed by atoms with E-state index < -0.39 is 37.1 Å². The Balaban J connectivity index is 1.79. The number of hydrogen-bond donors (Lipinski definition) is 4. The highest BCUT2D eigenvalue weighted by Gasteiger charge is 2.46. The van der Waals surface area contributed by atoms with Gasteiger partial charge in [-0.3, -0.25) is 0 Å². The van der Waals surface area contributed by atoms with Gasteiger partial charge in [0.2, 0.25) is 0 Å². The maximum atomic E-state index is 10.3. The number of rotatable bonds is 7. The van der Waals surface area contributed by atoms with Gasteiger partial charge in [0.15, 0.2) is 0 Å². The Bertz CT molecular complexity index is 781. The van der Waals surface area contributed by atoms with Crippen molar-refractivity contribution in [1.29, 1.82) is 0 Å². The van der Waals surface area contributed by atoms with Crippen LogP contribution in [-0.2, 0) is 11.2 Å². The van der Waals surface area contributed by atoms with Crippen LogP contribution in [0.15, 0.2) is 42.5 Å². The molecule has 152 valence electrons. The van der Waals surface area contributed by atoms with Crippen LogP contribution in [0, 0.1) is 0 Å². The summed E-state index contributed by atoms with van der Waals surface area (Å²) in [4.78, 5) is 0. The third-order valence-corrected chi connectivity index (χ3v) is 5.26. The highest BCUT2D eigenvalue weighted by molar-refractivity contribution is 6.31. The molecule has 2 aromatic carbocycles. The molecule has 0 amide bonds. The second-order valence-corrected chi connectivity index (χ2v) is 7.26. The fourth-order valence-electron chi connectivity index (χ4n) is 3.40. The Hall–Kier alpha value is -1.67. The van der Waals surface area contributed by atoms with Gasteiger partial charge >= 0.3 is 0 Å². The van der Waals surface area contributed by atoms with Gasteiger partial charge < -0.3 is 29.9 Å². The predicted molar refractivity (Wildman–Crippen MR) is 105 cm³/mol. The zero-order chi connectivity index (χ0) is 20.3. The fraction of sp³-hybridized carbons (Fsp3) is 0.429. The monoisotopic (exact) mass is 408 g/mol. The minimum atomic E-state index is -1.29. The molecule has 5 atom stereocenters. The summed E-state index contributed by atoms with van der Waals surface area (Å²) in [6, 6.07) is 13.0. The van der Waals surface area contributed by atoms with E-state index in [2.05, 4.69) is 0 Å². The van der Waals surface area contributed by atoms with Gasteiger partial charge in [-0.05, 0) is 48.2 Å². The molecule has 0 unspecified atom stereocenters. The number of aliphatic hydroxyl groups excluding tert-OH is 4. The van der Waals surface area contributed by atoms with Gasteiger partial charge in [0, 0.05) is 5.02 Å². The molecule has 2 aromatic rings. The first-order valence-corrected chi connectivity index (χ1v) is 9.63. The van der Waals surface area contributed by atoms with Crippen molar-refractivity contribution in [2.75, 3.05) is 13.2 Å². The lowest BCUT2D eigenvalue weighted by Crippen LogP contribution is -2.40. The van der Waals surface area contributed by atoms with E-state index >= 15 is 0 Å². The maximum absolute atomic E-state index is 10.3. The fourth-order valence-corrected chi connectivity index (χ4v) is 3.58. The Kier molecular flexibility index (Phi) is 6.93. The average Bonchev–Trinajstić information content (AvgIpc) is 3.00. The van der Waals surface area contributed by atoms with E-state index in [-0.39, 0.29) is 0 Å². The molecular formula is C21H25ClO6. The summed E-state index contributed by atoms with van der Waals surface area (Å²) >= 11 is 6.35. The Morgan fingerprint density at radius 3 is 2.46 bits per heavy atom. The van der Waals surface area contributed by atoms with E-state index in [0.29, 0.717) is 23.6 Å². The summed E-state index contributed by atoms with van der Waals surface area (Å²) in [7, 11) is 0. The van der Waals surface area contributed by atoms with Crippen molar-refractivity contribution in [2.45, 2.75) is 43.9 Å². The van der Waals surface area contributed by atoms with Crippen molar-refractivity contribution in [3.05, 3.63) is 64.2 Å². The van der Waals surface area contributed by atoms with E-state index in [1.807, 2.05) is 37.3 Å². The second-order valence-electron chi connectivity index (χ2n) is 6.86. The summed E-state index contributed by atoms with van der Waals surface area (Å²) in [6.07, 6.45) is -5.09. The van der Waals surface area contributed by atoms with Crippen LogP contribution in [0.5, 0.6) is 5.75 Å². The molecule has 1 aliphatic heterocycles. The molecule has 3 rings (SSSR count). The third kappa shape index (κ3) is 4.49. The molecule has 0 aromatic heterocycles. The minimum absolute atomic E-state index is 0.565. The van der Waals surface area contributed by atoms with Crippen LogP contribution in [0.3, 0.4) is 0 Å². The Labute approximate surface area is 168 Å². The topological polar surface area (TPSA) is 99.4 Å². The van der Waals surface area contributed by atoms with Crippen molar-refractivity contribution in [2.24, 2.45) is 0 Å². The number of ether oxygens (including phenoxy) is 2. The van der Waals surface area contributed by atoms with E-state index in [1.165, 1.54) is 0 Å². The molecule has 0 spiro atoms. The van der Waals surface area contributed by atoms with E-state index in [0.717, 1.165) is 16.9 Å². The summed E-state index contributed by atoms with van der Waals surface area (Å²) in [5.74, 6) is 0.802. The molecule has 4 N–H and O–H groups in total. The van der Waals surface area contributed by atoms with Crippen LogP contribution in [0.4, 0.5) is 0 Å². The highest BCUT2D eigenvalue weighted by Crippen LogP contribution is 2.36. The third-order valence-electron chi connectivity index (χ3n) is 4.89. The molecule has 7 heteroatoms. The van der Waals surface area contributed by atoms with Gasteiger partial charge in [-0.2, -0.15) is 0 Å². The zero-order valence-electron chi connectivity index (χ0n) is 15.5. The van der Waals surface area contributed by atoms with Crippen molar-refractivity contribution < 1.29 is 29.9 Å². The van der Waals surface area contributed by atoms with Crippen molar-refractivity contribution in [3.8, 4) is 5.75 Å². The lowest BCUT2D eigenvalue weighted by atomic mass is 9.96. The normalized spacial score (nSPS) is 25.6. The van der Waals surface area contributed by atoms with Gasteiger partial charge in [-0.25, -0.2) is 0 Å². The van der Waals surface area contributed by atoms with Crippen molar-refractivity contribution in [3.63, 3.8) is 0 Å². The zero-order valence-corrected chi connectivity index (χ0v) is 16.3. The Morgan fingerprint density at radius 1 is 1.11 bits per heavy atom. The van der Waals surface area contributed by atoms with Gasteiger partial charge in [0.25, 0.3) is 0 Å². The average molecular weight is 409 g/mol. The SMILES string of the molecule is CCOc1ccc(Cc2cc([C@H]3O[C@@H]([C@H](O)CO)[C@H](O)[C@@H]3O)ccc2Cl)cc1. The number of aliphatic hydroxyl groups is 4. The maximum Gasteiger partial charge on any atom is 0.119 e. The van der Waals surface area contributed by atoms with Gasteiger partial charge in [0.05, 0.1) is 13.2 Å². The smallest absolute Gasteiger partial charge is 0.119 e. The van der Waals surface area contributed by atoms with Crippen molar-refractivity contribution >= 4 is 11.6 Å². The quantitative estimate of drug-likeness (QED) is 0.558. The van der Waals surface area contributed by atoms with Gasteiger partial charge in [-0.15, -0.1) is 0 Å². The van der Waals surface area contributed by atoms with Crippen LogP contribution in [0.2, 0.25) is 5.02 Å². The van der Waals surface area contributed by atoms with Crippen LogP contribution in [0.25, 0.3) is 0 Å².